The predicted octanol–water partition coefficient (Wildman–Crippen LogP) is 3.53. The number of rotatable bonds is 8. The molecule has 2 nitrogen and oxygen atoms in total. The minimum atomic E-state index is -0.339. The molecule has 0 amide bonds. The van der Waals surface area contributed by atoms with Gasteiger partial charge < -0.3 is 10.1 Å². The van der Waals surface area contributed by atoms with Crippen LogP contribution in [0.5, 0.6) is 0 Å². The van der Waals surface area contributed by atoms with E-state index in [0.717, 1.165) is 25.1 Å². The Morgan fingerprint density at radius 1 is 1.37 bits per heavy atom. The van der Waals surface area contributed by atoms with E-state index in [4.69, 9.17) is 16.3 Å². The first-order valence-corrected chi connectivity index (χ1v) is 7.06. The van der Waals surface area contributed by atoms with Crippen molar-refractivity contribution >= 4 is 11.6 Å². The van der Waals surface area contributed by atoms with E-state index in [2.05, 4.69) is 19.2 Å². The van der Waals surface area contributed by atoms with Crippen molar-refractivity contribution in [2.24, 2.45) is 11.8 Å². The van der Waals surface area contributed by atoms with E-state index < -0.39 is 0 Å². The summed E-state index contributed by atoms with van der Waals surface area (Å²) in [5.41, 5.74) is 0.995. The van der Waals surface area contributed by atoms with Crippen LogP contribution in [0, 0.1) is 17.7 Å². The maximum Gasteiger partial charge on any atom is 0.142 e. The minimum Gasteiger partial charge on any atom is -0.383 e. The highest BCUT2D eigenvalue weighted by Crippen LogP contribution is 2.20. The van der Waals surface area contributed by atoms with Crippen LogP contribution in [0.2, 0.25) is 5.02 Å². The number of hydrogen-bond donors (Lipinski definition) is 1. The Kier molecular flexibility index (Phi) is 7.36. The molecule has 0 aliphatic carbocycles. The summed E-state index contributed by atoms with van der Waals surface area (Å²) in [6.45, 7) is 6.84. The van der Waals surface area contributed by atoms with Crippen molar-refractivity contribution in [3.63, 3.8) is 0 Å². The van der Waals surface area contributed by atoms with Crippen molar-refractivity contribution in [2.75, 3.05) is 26.8 Å². The fourth-order valence-electron chi connectivity index (χ4n) is 1.97. The van der Waals surface area contributed by atoms with Gasteiger partial charge in [-0.3, -0.25) is 0 Å². The molecular weight excluding hydrogens is 265 g/mol. The minimum absolute atomic E-state index is 0.183. The summed E-state index contributed by atoms with van der Waals surface area (Å²) < 4.78 is 18.4. The molecular formula is C15H23ClFNO. The Labute approximate surface area is 120 Å². The molecule has 0 fully saturated rings. The third-order valence-electron chi connectivity index (χ3n) is 3.31. The molecule has 1 aromatic rings. The number of nitrogens with one attached hydrogen (secondary N) is 1. The Balaban J connectivity index is 2.54. The largest absolute Gasteiger partial charge is 0.383 e. The normalized spacial score (nSPS) is 12.9. The van der Waals surface area contributed by atoms with Gasteiger partial charge in [0.05, 0.1) is 11.6 Å². The van der Waals surface area contributed by atoms with Crippen molar-refractivity contribution in [3.05, 3.63) is 34.6 Å². The van der Waals surface area contributed by atoms with Crippen LogP contribution in [0.1, 0.15) is 19.4 Å². The predicted molar refractivity (Wildman–Crippen MR) is 78.2 cm³/mol. The molecule has 1 atom stereocenters. The number of methoxy groups -OCH3 is 1. The molecule has 0 saturated carbocycles. The van der Waals surface area contributed by atoms with Crippen molar-refractivity contribution in [1.82, 2.24) is 5.32 Å². The van der Waals surface area contributed by atoms with E-state index >= 15 is 0 Å². The first kappa shape index (κ1) is 16.4. The van der Waals surface area contributed by atoms with Crippen molar-refractivity contribution < 1.29 is 9.13 Å². The summed E-state index contributed by atoms with van der Waals surface area (Å²) in [6, 6.07) is 5.06. The molecule has 0 aliphatic rings. The van der Waals surface area contributed by atoms with Gasteiger partial charge in [-0.05, 0) is 42.5 Å². The summed E-state index contributed by atoms with van der Waals surface area (Å²) in [5.74, 6) is 0.667. The zero-order valence-corrected chi connectivity index (χ0v) is 12.6. The van der Waals surface area contributed by atoms with Crippen molar-refractivity contribution in [1.29, 1.82) is 0 Å². The number of halogens is 2. The summed E-state index contributed by atoms with van der Waals surface area (Å²) in [6.07, 6.45) is 0.853. The highest BCUT2D eigenvalue weighted by molar-refractivity contribution is 6.30. The lowest BCUT2D eigenvalue weighted by atomic mass is 9.89. The van der Waals surface area contributed by atoms with Gasteiger partial charge in [-0.1, -0.05) is 31.5 Å². The average Bonchev–Trinajstić information content (AvgIpc) is 2.37. The third-order valence-corrected chi connectivity index (χ3v) is 3.62. The topological polar surface area (TPSA) is 21.3 Å². The van der Waals surface area contributed by atoms with Gasteiger partial charge in [0.25, 0.3) is 0 Å². The van der Waals surface area contributed by atoms with Crippen LogP contribution in [0.25, 0.3) is 0 Å². The zero-order valence-electron chi connectivity index (χ0n) is 11.9. The Morgan fingerprint density at radius 2 is 2.11 bits per heavy atom. The van der Waals surface area contributed by atoms with Gasteiger partial charge >= 0.3 is 0 Å². The van der Waals surface area contributed by atoms with Gasteiger partial charge in [0.2, 0.25) is 0 Å². The van der Waals surface area contributed by atoms with Crippen LogP contribution in [-0.2, 0) is 11.2 Å². The zero-order chi connectivity index (χ0) is 14.3. The number of ether oxygens (including phenoxy) is 1. The molecule has 0 spiro atoms. The van der Waals surface area contributed by atoms with E-state index in [9.17, 15) is 4.39 Å². The van der Waals surface area contributed by atoms with Crippen molar-refractivity contribution in [3.8, 4) is 0 Å². The van der Waals surface area contributed by atoms with Gasteiger partial charge in [0.1, 0.15) is 5.82 Å². The van der Waals surface area contributed by atoms with E-state index in [1.54, 1.807) is 13.2 Å². The second kappa shape index (κ2) is 8.51. The number of hydrogen-bond acceptors (Lipinski definition) is 2. The number of benzene rings is 1. The molecule has 1 rings (SSSR count). The molecule has 0 aliphatic heterocycles. The average molecular weight is 288 g/mol. The fraction of sp³-hybridized carbons (Fsp3) is 0.600. The molecule has 0 radical (unpaired) electrons. The van der Waals surface area contributed by atoms with Crippen molar-refractivity contribution in [2.45, 2.75) is 20.3 Å². The molecule has 1 N–H and O–H groups in total. The van der Waals surface area contributed by atoms with E-state index in [1.165, 1.54) is 6.07 Å². The van der Waals surface area contributed by atoms with Gasteiger partial charge in [-0.15, -0.1) is 0 Å². The van der Waals surface area contributed by atoms with E-state index in [1.807, 2.05) is 6.07 Å². The standard InChI is InChI=1S/C15H23ClFNO/c1-11(2)13(10-18-6-7-19-3)8-12-4-5-14(16)15(17)9-12/h4-5,9,11,13,18H,6-8,10H2,1-3H3. The highest BCUT2D eigenvalue weighted by atomic mass is 35.5. The van der Waals surface area contributed by atoms with Gasteiger partial charge in [-0.25, -0.2) is 4.39 Å². The Hall–Kier alpha value is -0.640. The lowest BCUT2D eigenvalue weighted by Crippen LogP contribution is -2.30. The maximum absolute atomic E-state index is 13.4. The molecule has 1 aromatic carbocycles. The lowest BCUT2D eigenvalue weighted by Gasteiger charge is -2.21. The summed E-state index contributed by atoms with van der Waals surface area (Å²) in [4.78, 5) is 0. The molecule has 0 saturated heterocycles. The fourth-order valence-corrected chi connectivity index (χ4v) is 2.09. The van der Waals surface area contributed by atoms with E-state index in [0.29, 0.717) is 18.4 Å². The SMILES string of the molecule is COCCNCC(Cc1ccc(Cl)c(F)c1)C(C)C. The Morgan fingerprint density at radius 3 is 2.68 bits per heavy atom. The highest BCUT2D eigenvalue weighted by Gasteiger charge is 2.14. The van der Waals surface area contributed by atoms with Crippen LogP contribution < -0.4 is 5.32 Å². The van der Waals surface area contributed by atoms with Crippen LogP contribution >= 0.6 is 11.6 Å². The summed E-state index contributed by atoms with van der Waals surface area (Å²) in [5, 5.41) is 3.55. The molecule has 19 heavy (non-hydrogen) atoms. The molecule has 0 bridgehead atoms. The summed E-state index contributed by atoms with van der Waals surface area (Å²) >= 11 is 5.70. The van der Waals surface area contributed by atoms with E-state index in [-0.39, 0.29) is 10.8 Å². The monoisotopic (exact) mass is 287 g/mol. The third kappa shape index (κ3) is 5.89. The van der Waals surface area contributed by atoms with Crippen LogP contribution in [0.15, 0.2) is 18.2 Å². The van der Waals surface area contributed by atoms with Gasteiger partial charge in [0, 0.05) is 13.7 Å². The maximum atomic E-state index is 13.4. The smallest absolute Gasteiger partial charge is 0.142 e. The van der Waals surface area contributed by atoms with Gasteiger partial charge in [0.15, 0.2) is 0 Å². The quantitative estimate of drug-likeness (QED) is 0.739. The molecule has 108 valence electrons. The van der Waals surface area contributed by atoms with Gasteiger partial charge in [-0.2, -0.15) is 0 Å². The molecule has 4 heteroatoms. The first-order chi connectivity index (χ1) is 9.04. The first-order valence-electron chi connectivity index (χ1n) is 6.68. The molecule has 0 heterocycles. The molecule has 1 unspecified atom stereocenters. The van der Waals surface area contributed by atoms with Crippen LogP contribution in [0.3, 0.4) is 0 Å². The second-order valence-corrected chi connectivity index (χ2v) is 5.56. The molecule has 0 aromatic heterocycles. The summed E-state index contributed by atoms with van der Waals surface area (Å²) in [7, 11) is 1.69. The van der Waals surface area contributed by atoms with Crippen LogP contribution in [0.4, 0.5) is 4.39 Å². The van der Waals surface area contributed by atoms with Crippen LogP contribution in [-0.4, -0.2) is 26.8 Å². The second-order valence-electron chi connectivity index (χ2n) is 5.15. The Bertz CT molecular complexity index is 384. The lowest BCUT2D eigenvalue weighted by molar-refractivity contribution is 0.196.